The Morgan fingerprint density at radius 2 is 2.11 bits per heavy atom. The van der Waals surface area contributed by atoms with Crippen molar-refractivity contribution in [2.45, 2.75) is 32.7 Å². The molecule has 19 heavy (non-hydrogen) atoms. The maximum Gasteiger partial charge on any atom is 0.192 e. The smallest absolute Gasteiger partial charge is 0.192 e. The second-order valence-corrected chi connectivity index (χ2v) is 6.00. The van der Waals surface area contributed by atoms with Crippen LogP contribution in [0.3, 0.4) is 0 Å². The summed E-state index contributed by atoms with van der Waals surface area (Å²) < 4.78 is 5.81. The zero-order valence-electron chi connectivity index (χ0n) is 11.9. The van der Waals surface area contributed by atoms with Crippen LogP contribution in [0.4, 0.5) is 0 Å². The molecular formula is C16H23N2O. The molecule has 0 N–H and O–H groups in total. The van der Waals surface area contributed by atoms with E-state index in [1.165, 1.54) is 37.8 Å². The Kier molecular flexibility index (Phi) is 4.11. The first-order chi connectivity index (χ1) is 9.24. The molecule has 0 aromatic carbocycles. The van der Waals surface area contributed by atoms with Crippen LogP contribution in [0.2, 0.25) is 0 Å². The predicted molar refractivity (Wildman–Crippen MR) is 77.1 cm³/mol. The molecule has 0 amide bonds. The molecular weight excluding hydrogens is 236 g/mol. The van der Waals surface area contributed by atoms with E-state index in [9.17, 15) is 0 Å². The number of rotatable bonds is 4. The van der Waals surface area contributed by atoms with E-state index >= 15 is 0 Å². The molecule has 5 radical (unpaired) electrons. The van der Waals surface area contributed by atoms with E-state index in [0.717, 1.165) is 19.0 Å². The van der Waals surface area contributed by atoms with E-state index in [2.05, 4.69) is 38.0 Å². The summed E-state index contributed by atoms with van der Waals surface area (Å²) in [6, 6.07) is 0.324. The van der Waals surface area contributed by atoms with E-state index in [-0.39, 0.29) is 0 Å². The third-order valence-electron chi connectivity index (χ3n) is 4.17. The van der Waals surface area contributed by atoms with Gasteiger partial charge in [0.15, 0.2) is 5.90 Å². The van der Waals surface area contributed by atoms with Crippen molar-refractivity contribution >= 4 is 5.90 Å². The lowest BCUT2D eigenvalue weighted by atomic mass is 9.95. The molecule has 1 aliphatic carbocycles. The Bertz CT molecular complexity index is 334. The minimum absolute atomic E-state index is 0.324. The largest absolute Gasteiger partial charge is 0.478 e. The van der Waals surface area contributed by atoms with Crippen LogP contribution in [-0.4, -0.2) is 43.1 Å². The Hall–Kier alpha value is -0.570. The summed E-state index contributed by atoms with van der Waals surface area (Å²) in [4.78, 5) is 7.26. The van der Waals surface area contributed by atoms with Gasteiger partial charge in [-0.2, -0.15) is 0 Å². The summed E-state index contributed by atoms with van der Waals surface area (Å²) in [5.74, 6) is 3.98. The lowest BCUT2D eigenvalue weighted by Gasteiger charge is -2.23. The molecule has 1 atom stereocenters. The van der Waals surface area contributed by atoms with Crippen LogP contribution >= 0.6 is 0 Å². The number of nitrogens with zero attached hydrogens (tertiary/aromatic N) is 2. The summed E-state index contributed by atoms with van der Waals surface area (Å²) >= 11 is 0. The SMILES string of the molecule is CC(C)[C@H]1COC([C]2[CH][CH][CH][C]2CN2CCCC2)=N1. The molecule has 2 aliphatic heterocycles. The Morgan fingerprint density at radius 1 is 1.32 bits per heavy atom. The van der Waals surface area contributed by atoms with Gasteiger partial charge in [0.25, 0.3) is 0 Å². The molecule has 0 spiro atoms. The van der Waals surface area contributed by atoms with Crippen molar-refractivity contribution in [1.82, 2.24) is 4.90 Å². The average molecular weight is 259 g/mol. The van der Waals surface area contributed by atoms with Gasteiger partial charge < -0.3 is 9.64 Å². The summed E-state index contributed by atoms with van der Waals surface area (Å²) in [6.45, 7) is 8.64. The van der Waals surface area contributed by atoms with Crippen LogP contribution in [0.15, 0.2) is 4.99 Å². The van der Waals surface area contributed by atoms with Crippen molar-refractivity contribution in [1.29, 1.82) is 0 Å². The summed E-state index contributed by atoms with van der Waals surface area (Å²) in [6.07, 6.45) is 9.15. The maximum atomic E-state index is 5.81. The predicted octanol–water partition coefficient (Wildman–Crippen LogP) is 2.31. The van der Waals surface area contributed by atoms with Crippen molar-refractivity contribution in [3.63, 3.8) is 0 Å². The quantitative estimate of drug-likeness (QED) is 0.774. The molecule has 0 aromatic heterocycles. The number of hydrogen-bond acceptors (Lipinski definition) is 3. The minimum atomic E-state index is 0.324. The Morgan fingerprint density at radius 3 is 2.79 bits per heavy atom. The highest BCUT2D eigenvalue weighted by molar-refractivity contribution is 5.98. The van der Waals surface area contributed by atoms with Crippen LogP contribution in [0, 0.1) is 37.0 Å². The van der Waals surface area contributed by atoms with Crippen molar-refractivity contribution in [2.24, 2.45) is 10.9 Å². The Balaban J connectivity index is 1.61. The average Bonchev–Trinajstić information content (AvgIpc) is 3.09. The van der Waals surface area contributed by atoms with Gasteiger partial charge in [0.2, 0.25) is 0 Å². The number of ether oxygens (including phenoxy) is 1. The first-order valence-electron chi connectivity index (χ1n) is 7.42. The first-order valence-corrected chi connectivity index (χ1v) is 7.42. The fourth-order valence-corrected chi connectivity index (χ4v) is 2.86. The lowest BCUT2D eigenvalue weighted by Crippen LogP contribution is -2.29. The van der Waals surface area contributed by atoms with Gasteiger partial charge in [0.05, 0.1) is 12.0 Å². The van der Waals surface area contributed by atoms with Gasteiger partial charge in [-0.15, -0.1) is 0 Å². The Labute approximate surface area is 117 Å². The van der Waals surface area contributed by atoms with Crippen LogP contribution in [0.5, 0.6) is 0 Å². The zero-order valence-corrected chi connectivity index (χ0v) is 11.9. The summed E-state index contributed by atoms with van der Waals surface area (Å²) in [7, 11) is 0. The van der Waals surface area contributed by atoms with Crippen LogP contribution in [0.1, 0.15) is 26.7 Å². The van der Waals surface area contributed by atoms with E-state index in [4.69, 9.17) is 9.73 Å². The topological polar surface area (TPSA) is 24.8 Å². The van der Waals surface area contributed by atoms with Crippen molar-refractivity contribution in [3.05, 3.63) is 31.1 Å². The van der Waals surface area contributed by atoms with Crippen molar-refractivity contribution in [2.75, 3.05) is 26.2 Å². The summed E-state index contributed by atoms with van der Waals surface area (Å²) in [5, 5.41) is 0. The molecule has 1 saturated heterocycles. The van der Waals surface area contributed by atoms with Crippen molar-refractivity contribution in [3.8, 4) is 0 Å². The lowest BCUT2D eigenvalue weighted by molar-refractivity contribution is 0.288. The highest BCUT2D eigenvalue weighted by Gasteiger charge is 2.38. The van der Waals surface area contributed by atoms with E-state index in [0.29, 0.717) is 12.0 Å². The normalized spacial score (nSPS) is 30.3. The molecule has 3 heteroatoms. The summed E-state index contributed by atoms with van der Waals surface area (Å²) in [5.41, 5.74) is 0. The van der Waals surface area contributed by atoms with Crippen LogP contribution in [-0.2, 0) is 4.74 Å². The number of aliphatic imine (C=N–C) groups is 1. The molecule has 3 nitrogen and oxygen atoms in total. The standard InChI is InChI=1S/C16H23N2O/c1-12(2)15-11-19-16(17-15)14-7-5-6-13(14)10-18-8-3-4-9-18/h5-7,12,15H,3-4,8-11H2,1-2H3/t15-/m1/s1. The number of likely N-dealkylation sites (tertiary alicyclic amines) is 1. The molecule has 3 rings (SSSR count). The van der Waals surface area contributed by atoms with Gasteiger partial charge in [-0.25, -0.2) is 4.99 Å². The fourth-order valence-electron chi connectivity index (χ4n) is 2.86. The highest BCUT2D eigenvalue weighted by Crippen LogP contribution is 2.37. The minimum Gasteiger partial charge on any atom is -0.478 e. The molecule has 103 valence electrons. The fraction of sp³-hybridized carbons (Fsp3) is 0.625. The molecule has 0 bridgehead atoms. The molecule has 0 unspecified atom stereocenters. The van der Waals surface area contributed by atoms with Crippen LogP contribution in [0.25, 0.3) is 0 Å². The van der Waals surface area contributed by atoms with Gasteiger partial charge in [-0.1, -0.05) is 13.8 Å². The first kappa shape index (κ1) is 13.4. The van der Waals surface area contributed by atoms with Gasteiger partial charge >= 0.3 is 0 Å². The van der Waals surface area contributed by atoms with Gasteiger partial charge in [-0.3, -0.25) is 0 Å². The van der Waals surface area contributed by atoms with Gasteiger partial charge in [0, 0.05) is 12.5 Å². The van der Waals surface area contributed by atoms with Gasteiger partial charge in [0.1, 0.15) is 6.61 Å². The highest BCUT2D eigenvalue weighted by atomic mass is 16.5. The third kappa shape index (κ3) is 2.96. The molecule has 3 aliphatic rings. The van der Waals surface area contributed by atoms with Crippen LogP contribution < -0.4 is 0 Å². The third-order valence-corrected chi connectivity index (χ3v) is 4.17. The second-order valence-electron chi connectivity index (χ2n) is 6.00. The monoisotopic (exact) mass is 259 g/mol. The molecule has 0 aromatic rings. The second kappa shape index (κ2) is 5.82. The van der Waals surface area contributed by atoms with E-state index < -0.39 is 0 Å². The molecule has 1 saturated carbocycles. The maximum absolute atomic E-state index is 5.81. The zero-order chi connectivity index (χ0) is 13.2. The van der Waals surface area contributed by atoms with E-state index in [1.54, 1.807) is 0 Å². The van der Waals surface area contributed by atoms with E-state index in [1.807, 2.05) is 0 Å². The number of hydrogen-bond donors (Lipinski definition) is 0. The molecule has 2 fully saturated rings. The van der Waals surface area contributed by atoms with Crippen molar-refractivity contribution < 1.29 is 4.74 Å². The molecule has 2 heterocycles. The van der Waals surface area contributed by atoms with Gasteiger partial charge in [-0.05, 0) is 51.1 Å².